The summed E-state index contributed by atoms with van der Waals surface area (Å²) in [6, 6.07) is 11.2. The zero-order chi connectivity index (χ0) is 20.5. The first-order valence-corrected chi connectivity index (χ1v) is 11.2. The smallest absolute Gasteiger partial charge is 0.193 e. The summed E-state index contributed by atoms with van der Waals surface area (Å²) < 4.78 is 5.47. The summed E-state index contributed by atoms with van der Waals surface area (Å²) in [4.78, 5) is 12.0. The van der Waals surface area contributed by atoms with E-state index in [9.17, 15) is 0 Å². The predicted molar refractivity (Wildman–Crippen MR) is 120 cm³/mol. The number of rotatable bonds is 8. The van der Waals surface area contributed by atoms with Crippen molar-refractivity contribution in [3.05, 3.63) is 35.9 Å². The summed E-state index contributed by atoms with van der Waals surface area (Å²) in [6.07, 6.45) is 2.36. The Bertz CT molecular complexity index is 617. The van der Waals surface area contributed by atoms with E-state index < -0.39 is 0 Å². The molecule has 2 atom stereocenters. The Morgan fingerprint density at radius 2 is 2.00 bits per heavy atom. The van der Waals surface area contributed by atoms with Gasteiger partial charge in [0.2, 0.25) is 0 Å². The molecule has 2 saturated heterocycles. The number of nitrogens with one attached hydrogen (secondary N) is 1. The lowest BCUT2D eigenvalue weighted by atomic mass is 10.1. The minimum absolute atomic E-state index is 0.522. The van der Waals surface area contributed by atoms with Crippen molar-refractivity contribution < 1.29 is 4.74 Å². The molecule has 1 N–H and O–H groups in total. The topological polar surface area (TPSA) is 43.3 Å². The summed E-state index contributed by atoms with van der Waals surface area (Å²) in [5.74, 6) is 1.80. The summed E-state index contributed by atoms with van der Waals surface area (Å²) in [6.45, 7) is 11.6. The van der Waals surface area contributed by atoms with Crippen LogP contribution in [-0.4, -0.2) is 93.3 Å². The summed E-state index contributed by atoms with van der Waals surface area (Å²) in [7, 11) is 4.12. The van der Waals surface area contributed by atoms with Crippen LogP contribution >= 0.6 is 0 Å². The highest BCUT2D eigenvalue weighted by molar-refractivity contribution is 5.80. The molecule has 0 saturated carbocycles. The highest BCUT2D eigenvalue weighted by atomic mass is 16.5. The fourth-order valence-corrected chi connectivity index (χ4v) is 4.30. The van der Waals surface area contributed by atoms with E-state index in [0.717, 1.165) is 70.8 Å². The Balaban J connectivity index is 1.36. The molecule has 0 aromatic heterocycles. The molecular weight excluding hydrogens is 362 g/mol. The van der Waals surface area contributed by atoms with Gasteiger partial charge in [-0.1, -0.05) is 30.3 Å². The van der Waals surface area contributed by atoms with Gasteiger partial charge in [0, 0.05) is 58.9 Å². The number of morpholine rings is 1. The molecule has 162 valence electrons. The molecule has 0 bridgehead atoms. The average molecular weight is 402 g/mol. The van der Waals surface area contributed by atoms with Crippen molar-refractivity contribution in [1.29, 1.82) is 0 Å². The fourth-order valence-electron chi connectivity index (χ4n) is 4.30. The maximum Gasteiger partial charge on any atom is 0.193 e. The Morgan fingerprint density at radius 3 is 2.72 bits per heavy atom. The number of ether oxygens (including phenoxy) is 1. The molecule has 0 spiro atoms. The van der Waals surface area contributed by atoms with E-state index in [1.807, 2.05) is 7.05 Å². The SMILES string of the molecule is CN=C(NCCC(C)N(C)Cc1ccccc1)N1CCC(CN2CCOCC2)C1. The van der Waals surface area contributed by atoms with Crippen LogP contribution in [0.3, 0.4) is 0 Å². The third kappa shape index (κ3) is 6.98. The lowest BCUT2D eigenvalue weighted by Gasteiger charge is -2.29. The van der Waals surface area contributed by atoms with E-state index in [1.54, 1.807) is 0 Å². The number of hydrogen-bond acceptors (Lipinski definition) is 4. The highest BCUT2D eigenvalue weighted by Crippen LogP contribution is 2.18. The van der Waals surface area contributed by atoms with Crippen LogP contribution in [0.4, 0.5) is 0 Å². The molecule has 2 aliphatic heterocycles. The fraction of sp³-hybridized carbons (Fsp3) is 0.696. The second kappa shape index (κ2) is 11.5. The number of likely N-dealkylation sites (tertiary alicyclic amines) is 1. The van der Waals surface area contributed by atoms with Gasteiger partial charge in [0.25, 0.3) is 0 Å². The van der Waals surface area contributed by atoms with Gasteiger partial charge in [-0.15, -0.1) is 0 Å². The molecule has 0 amide bonds. The quantitative estimate of drug-likeness (QED) is 0.534. The lowest BCUT2D eigenvalue weighted by molar-refractivity contribution is 0.0315. The molecule has 2 fully saturated rings. The molecule has 2 aliphatic rings. The number of hydrogen-bond donors (Lipinski definition) is 1. The van der Waals surface area contributed by atoms with Crippen LogP contribution < -0.4 is 5.32 Å². The van der Waals surface area contributed by atoms with Crippen LogP contribution in [-0.2, 0) is 11.3 Å². The van der Waals surface area contributed by atoms with Gasteiger partial charge < -0.3 is 15.0 Å². The lowest BCUT2D eigenvalue weighted by Crippen LogP contribution is -2.43. The first kappa shape index (κ1) is 22.1. The molecule has 3 rings (SSSR count). The van der Waals surface area contributed by atoms with E-state index in [2.05, 4.69) is 69.3 Å². The van der Waals surface area contributed by atoms with Gasteiger partial charge in [-0.05, 0) is 38.3 Å². The Kier molecular flexibility index (Phi) is 8.77. The third-order valence-corrected chi connectivity index (χ3v) is 6.29. The number of benzene rings is 1. The van der Waals surface area contributed by atoms with E-state index in [1.165, 1.54) is 18.5 Å². The number of nitrogens with zero attached hydrogens (tertiary/aromatic N) is 4. The highest BCUT2D eigenvalue weighted by Gasteiger charge is 2.27. The standard InChI is InChI=1S/C23H39N5O/c1-20(26(3)17-21-7-5-4-6-8-21)9-11-25-23(24-2)28-12-10-22(19-28)18-27-13-15-29-16-14-27/h4-8,20,22H,9-19H2,1-3H3,(H,24,25). The molecule has 2 unspecified atom stereocenters. The number of aliphatic imine (C=N–C) groups is 1. The monoisotopic (exact) mass is 401 g/mol. The molecule has 6 heteroatoms. The first-order chi connectivity index (χ1) is 14.2. The minimum Gasteiger partial charge on any atom is -0.379 e. The normalized spacial score (nSPS) is 22.3. The van der Waals surface area contributed by atoms with Crippen molar-refractivity contribution in [1.82, 2.24) is 20.0 Å². The zero-order valence-corrected chi connectivity index (χ0v) is 18.5. The average Bonchev–Trinajstić information content (AvgIpc) is 3.20. The van der Waals surface area contributed by atoms with Crippen LogP contribution in [0.15, 0.2) is 35.3 Å². The van der Waals surface area contributed by atoms with Gasteiger partial charge in [0.05, 0.1) is 13.2 Å². The minimum atomic E-state index is 0.522. The molecule has 6 nitrogen and oxygen atoms in total. The third-order valence-electron chi connectivity index (χ3n) is 6.29. The largest absolute Gasteiger partial charge is 0.379 e. The molecule has 1 aromatic carbocycles. The van der Waals surface area contributed by atoms with Crippen molar-refractivity contribution in [3.63, 3.8) is 0 Å². The predicted octanol–water partition coefficient (Wildman–Crippen LogP) is 2.13. The van der Waals surface area contributed by atoms with Crippen LogP contribution in [0, 0.1) is 5.92 Å². The Morgan fingerprint density at radius 1 is 1.24 bits per heavy atom. The van der Waals surface area contributed by atoms with Crippen molar-refractivity contribution in [2.24, 2.45) is 10.9 Å². The van der Waals surface area contributed by atoms with Crippen molar-refractivity contribution in [2.75, 3.05) is 66.6 Å². The van der Waals surface area contributed by atoms with Crippen LogP contribution in [0.25, 0.3) is 0 Å². The van der Waals surface area contributed by atoms with Crippen molar-refractivity contribution >= 4 is 5.96 Å². The summed E-state index contributed by atoms with van der Waals surface area (Å²) in [5.41, 5.74) is 1.37. The van der Waals surface area contributed by atoms with Crippen LogP contribution in [0.2, 0.25) is 0 Å². The summed E-state index contributed by atoms with van der Waals surface area (Å²) in [5, 5.41) is 3.60. The Labute approximate surface area is 176 Å². The van der Waals surface area contributed by atoms with Gasteiger partial charge in [-0.2, -0.15) is 0 Å². The zero-order valence-electron chi connectivity index (χ0n) is 18.5. The second-order valence-electron chi connectivity index (χ2n) is 8.53. The molecule has 1 aromatic rings. The molecule has 0 aliphatic carbocycles. The van der Waals surface area contributed by atoms with Crippen LogP contribution in [0.5, 0.6) is 0 Å². The van der Waals surface area contributed by atoms with E-state index in [-0.39, 0.29) is 0 Å². The maximum atomic E-state index is 5.47. The van der Waals surface area contributed by atoms with E-state index >= 15 is 0 Å². The van der Waals surface area contributed by atoms with Gasteiger partial charge in [-0.25, -0.2) is 0 Å². The van der Waals surface area contributed by atoms with Crippen LogP contribution in [0.1, 0.15) is 25.3 Å². The molecule has 2 heterocycles. The van der Waals surface area contributed by atoms with Crippen molar-refractivity contribution in [2.45, 2.75) is 32.4 Å². The van der Waals surface area contributed by atoms with E-state index in [0.29, 0.717) is 6.04 Å². The summed E-state index contributed by atoms with van der Waals surface area (Å²) >= 11 is 0. The second-order valence-corrected chi connectivity index (χ2v) is 8.53. The molecular formula is C23H39N5O. The number of guanidine groups is 1. The van der Waals surface area contributed by atoms with Gasteiger partial charge >= 0.3 is 0 Å². The first-order valence-electron chi connectivity index (χ1n) is 11.2. The van der Waals surface area contributed by atoms with Crippen molar-refractivity contribution in [3.8, 4) is 0 Å². The van der Waals surface area contributed by atoms with Gasteiger partial charge in [-0.3, -0.25) is 14.8 Å². The van der Waals surface area contributed by atoms with Gasteiger partial charge in [0.15, 0.2) is 5.96 Å². The van der Waals surface area contributed by atoms with E-state index in [4.69, 9.17) is 4.74 Å². The maximum absolute atomic E-state index is 5.47. The van der Waals surface area contributed by atoms with Gasteiger partial charge in [0.1, 0.15) is 0 Å². The molecule has 29 heavy (non-hydrogen) atoms. The Hall–Kier alpha value is -1.63. The molecule has 0 radical (unpaired) electrons.